The summed E-state index contributed by atoms with van der Waals surface area (Å²) in [5.41, 5.74) is 0.208. The Kier molecular flexibility index (Phi) is 6.01. The van der Waals surface area contributed by atoms with Gasteiger partial charge in [0.2, 0.25) is 0 Å². The van der Waals surface area contributed by atoms with E-state index in [1.807, 2.05) is 13.8 Å². The van der Waals surface area contributed by atoms with Gasteiger partial charge in [0.05, 0.1) is 11.2 Å². The minimum atomic E-state index is -0.303. The maximum absolute atomic E-state index is 11.9. The topological polar surface area (TPSA) is 75.1 Å². The van der Waals surface area contributed by atoms with Crippen LogP contribution in [0.15, 0.2) is 6.20 Å². The number of amides is 1. The number of carbonyl (C=O) groups excluding carboxylic acids is 1. The predicted octanol–water partition coefficient (Wildman–Crippen LogP) is 1.76. The fraction of sp³-hybridized carbons (Fsp3) is 0.583. The van der Waals surface area contributed by atoms with Gasteiger partial charge in [-0.15, -0.1) is 0 Å². The summed E-state index contributed by atoms with van der Waals surface area (Å²) >= 11 is 5.91. The van der Waals surface area contributed by atoms with Gasteiger partial charge in [0.15, 0.2) is 0 Å². The first-order valence-electron chi connectivity index (χ1n) is 5.97. The first-order chi connectivity index (χ1) is 8.56. The van der Waals surface area contributed by atoms with Gasteiger partial charge < -0.3 is 10.4 Å². The smallest absolute Gasteiger partial charge is 0.271 e. The second-order valence-electron chi connectivity index (χ2n) is 4.27. The predicted molar refractivity (Wildman–Crippen MR) is 69.8 cm³/mol. The van der Waals surface area contributed by atoms with Crippen molar-refractivity contribution in [2.24, 2.45) is 0 Å². The van der Waals surface area contributed by atoms with Crippen molar-refractivity contribution < 1.29 is 9.90 Å². The normalized spacial score (nSPS) is 10.7. The highest BCUT2D eigenvalue weighted by Gasteiger charge is 2.14. The lowest BCUT2D eigenvalue weighted by Gasteiger charge is -2.08. The number of rotatable bonds is 6. The molecule has 6 heteroatoms. The van der Waals surface area contributed by atoms with Crippen LogP contribution >= 0.6 is 11.6 Å². The second-order valence-corrected chi connectivity index (χ2v) is 4.67. The molecule has 1 heterocycles. The number of aliphatic hydroxyl groups is 1. The van der Waals surface area contributed by atoms with E-state index in [4.69, 9.17) is 16.7 Å². The van der Waals surface area contributed by atoms with E-state index in [1.165, 1.54) is 6.20 Å². The lowest BCUT2D eigenvalue weighted by molar-refractivity contribution is 0.0946. The molecule has 0 aliphatic carbocycles. The molecule has 1 amide bonds. The Hall–Kier alpha value is -1.20. The molecule has 0 aliphatic heterocycles. The lowest BCUT2D eigenvalue weighted by atomic mass is 10.2. The summed E-state index contributed by atoms with van der Waals surface area (Å²) in [5, 5.41) is 11.6. The van der Waals surface area contributed by atoms with Gasteiger partial charge in [0.1, 0.15) is 11.5 Å². The highest BCUT2D eigenvalue weighted by atomic mass is 35.5. The van der Waals surface area contributed by atoms with Gasteiger partial charge >= 0.3 is 0 Å². The second kappa shape index (κ2) is 7.28. The van der Waals surface area contributed by atoms with Crippen LogP contribution in [0.5, 0.6) is 0 Å². The molecule has 0 aliphatic rings. The van der Waals surface area contributed by atoms with Crippen molar-refractivity contribution in [3.05, 3.63) is 22.7 Å². The summed E-state index contributed by atoms with van der Waals surface area (Å²) in [7, 11) is 0. The SMILES string of the molecule is CC(C)c1ncc(Cl)c(C(=O)NCCCCO)n1. The summed E-state index contributed by atoms with van der Waals surface area (Å²) in [5.74, 6) is 0.436. The van der Waals surface area contributed by atoms with Crippen molar-refractivity contribution in [3.63, 3.8) is 0 Å². The summed E-state index contributed by atoms with van der Waals surface area (Å²) in [6.45, 7) is 4.52. The number of aliphatic hydroxyl groups excluding tert-OH is 1. The third kappa shape index (κ3) is 4.23. The van der Waals surface area contributed by atoms with Crippen LogP contribution in [0, 0.1) is 0 Å². The Bertz CT molecular complexity index is 410. The Labute approximate surface area is 112 Å². The van der Waals surface area contributed by atoms with Crippen molar-refractivity contribution >= 4 is 17.5 Å². The number of nitrogens with zero attached hydrogens (tertiary/aromatic N) is 2. The first kappa shape index (κ1) is 14.9. The molecule has 0 unspecified atom stereocenters. The molecule has 0 aromatic carbocycles. The number of unbranched alkanes of at least 4 members (excludes halogenated alkanes) is 1. The van der Waals surface area contributed by atoms with Crippen LogP contribution in [0.1, 0.15) is 48.9 Å². The van der Waals surface area contributed by atoms with E-state index in [0.29, 0.717) is 18.8 Å². The number of carbonyl (C=O) groups is 1. The highest BCUT2D eigenvalue weighted by Crippen LogP contribution is 2.16. The molecule has 0 radical (unpaired) electrons. The van der Waals surface area contributed by atoms with E-state index >= 15 is 0 Å². The molecule has 0 atom stereocenters. The van der Waals surface area contributed by atoms with Crippen LogP contribution in [0.4, 0.5) is 0 Å². The monoisotopic (exact) mass is 271 g/mol. The van der Waals surface area contributed by atoms with Crippen molar-refractivity contribution in [2.45, 2.75) is 32.6 Å². The van der Waals surface area contributed by atoms with Crippen molar-refractivity contribution in [1.29, 1.82) is 0 Å². The number of aromatic nitrogens is 2. The Balaban J connectivity index is 2.69. The molecule has 0 spiro atoms. The third-order valence-electron chi connectivity index (χ3n) is 2.36. The zero-order valence-corrected chi connectivity index (χ0v) is 11.4. The molecule has 100 valence electrons. The zero-order valence-electron chi connectivity index (χ0n) is 10.6. The van der Waals surface area contributed by atoms with Crippen LogP contribution in [-0.2, 0) is 0 Å². The Morgan fingerprint density at radius 3 is 2.83 bits per heavy atom. The summed E-state index contributed by atoms with van der Waals surface area (Å²) in [4.78, 5) is 20.1. The van der Waals surface area contributed by atoms with Crippen molar-refractivity contribution in [3.8, 4) is 0 Å². The maximum atomic E-state index is 11.9. The molecule has 2 N–H and O–H groups in total. The highest BCUT2D eigenvalue weighted by molar-refractivity contribution is 6.33. The molecule has 1 aromatic rings. The van der Waals surface area contributed by atoms with Crippen LogP contribution in [0.25, 0.3) is 0 Å². The number of nitrogens with one attached hydrogen (secondary N) is 1. The number of hydrogen-bond donors (Lipinski definition) is 2. The quantitative estimate of drug-likeness (QED) is 0.773. The van der Waals surface area contributed by atoms with Gasteiger partial charge in [0.25, 0.3) is 5.91 Å². The molecule has 0 fully saturated rings. The summed E-state index contributed by atoms with van der Waals surface area (Å²) in [6, 6.07) is 0. The standard InChI is InChI=1S/C12H18ClN3O2/c1-8(2)11-15-7-9(13)10(16-11)12(18)14-5-3-4-6-17/h7-8,17H,3-6H2,1-2H3,(H,14,18). The molecule has 5 nitrogen and oxygen atoms in total. The Morgan fingerprint density at radius 1 is 1.50 bits per heavy atom. The molecule has 0 bridgehead atoms. The Morgan fingerprint density at radius 2 is 2.22 bits per heavy atom. The fourth-order valence-electron chi connectivity index (χ4n) is 1.34. The summed E-state index contributed by atoms with van der Waals surface area (Å²) < 4.78 is 0. The minimum absolute atomic E-state index is 0.127. The van der Waals surface area contributed by atoms with E-state index in [1.54, 1.807) is 0 Å². The van der Waals surface area contributed by atoms with Crippen LogP contribution in [0.2, 0.25) is 5.02 Å². The molecular formula is C12H18ClN3O2. The van der Waals surface area contributed by atoms with Gasteiger partial charge in [-0.3, -0.25) is 4.79 Å². The minimum Gasteiger partial charge on any atom is -0.396 e. The molecule has 0 saturated heterocycles. The van der Waals surface area contributed by atoms with Gasteiger partial charge in [0, 0.05) is 19.1 Å². The largest absolute Gasteiger partial charge is 0.396 e. The first-order valence-corrected chi connectivity index (χ1v) is 6.35. The summed E-state index contributed by atoms with van der Waals surface area (Å²) in [6.07, 6.45) is 2.84. The van der Waals surface area contributed by atoms with E-state index in [-0.39, 0.29) is 29.1 Å². The fourth-order valence-corrected chi connectivity index (χ4v) is 1.52. The third-order valence-corrected chi connectivity index (χ3v) is 2.64. The number of halogens is 1. The van der Waals surface area contributed by atoms with Gasteiger partial charge in [-0.05, 0) is 12.8 Å². The van der Waals surface area contributed by atoms with Crippen molar-refractivity contribution in [2.75, 3.05) is 13.2 Å². The van der Waals surface area contributed by atoms with E-state index in [2.05, 4.69) is 15.3 Å². The van der Waals surface area contributed by atoms with Crippen molar-refractivity contribution in [1.82, 2.24) is 15.3 Å². The maximum Gasteiger partial charge on any atom is 0.271 e. The average molecular weight is 272 g/mol. The van der Waals surface area contributed by atoms with E-state index in [9.17, 15) is 4.79 Å². The molecule has 0 saturated carbocycles. The number of hydrogen-bond acceptors (Lipinski definition) is 4. The van der Waals surface area contributed by atoms with Gasteiger partial charge in [-0.2, -0.15) is 0 Å². The lowest BCUT2D eigenvalue weighted by Crippen LogP contribution is -2.26. The van der Waals surface area contributed by atoms with E-state index < -0.39 is 0 Å². The van der Waals surface area contributed by atoms with Crippen LogP contribution in [-0.4, -0.2) is 34.1 Å². The van der Waals surface area contributed by atoms with Gasteiger partial charge in [-0.1, -0.05) is 25.4 Å². The molecule has 1 rings (SSSR count). The zero-order chi connectivity index (χ0) is 13.5. The van der Waals surface area contributed by atoms with Crippen LogP contribution in [0.3, 0.4) is 0 Å². The average Bonchev–Trinajstić information content (AvgIpc) is 2.34. The van der Waals surface area contributed by atoms with E-state index in [0.717, 1.165) is 6.42 Å². The van der Waals surface area contributed by atoms with Crippen LogP contribution < -0.4 is 5.32 Å². The molecular weight excluding hydrogens is 254 g/mol. The molecule has 1 aromatic heterocycles. The molecule has 18 heavy (non-hydrogen) atoms. The van der Waals surface area contributed by atoms with Gasteiger partial charge in [-0.25, -0.2) is 9.97 Å².